The number of hydrogen-bond donors (Lipinski definition) is 2. The monoisotopic (exact) mass is 393 g/mol. The van der Waals surface area contributed by atoms with Crippen molar-refractivity contribution in [2.24, 2.45) is 4.99 Å². The molecule has 158 valence electrons. The van der Waals surface area contributed by atoms with E-state index in [-0.39, 0.29) is 6.09 Å². The van der Waals surface area contributed by atoms with Crippen LogP contribution in [-0.4, -0.2) is 67.4 Å². The van der Waals surface area contributed by atoms with Crippen LogP contribution in [0.5, 0.6) is 0 Å². The van der Waals surface area contributed by atoms with Crippen molar-refractivity contribution in [1.29, 1.82) is 0 Å². The van der Waals surface area contributed by atoms with Crippen molar-refractivity contribution in [1.82, 2.24) is 20.5 Å². The van der Waals surface area contributed by atoms with Gasteiger partial charge in [-0.1, -0.05) is 6.07 Å². The number of amides is 1. The van der Waals surface area contributed by atoms with E-state index in [9.17, 15) is 4.79 Å². The van der Waals surface area contributed by atoms with Gasteiger partial charge >= 0.3 is 6.09 Å². The van der Waals surface area contributed by atoms with Gasteiger partial charge in [0.05, 0.1) is 13.2 Å². The first-order valence-electron chi connectivity index (χ1n) is 9.73. The molecule has 0 radical (unpaired) electrons. The first kappa shape index (κ1) is 23.7. The van der Waals surface area contributed by atoms with Crippen molar-refractivity contribution in [2.75, 3.05) is 39.9 Å². The first-order chi connectivity index (χ1) is 13.4. The zero-order valence-electron chi connectivity index (χ0n) is 17.8. The van der Waals surface area contributed by atoms with Crippen molar-refractivity contribution in [3.63, 3.8) is 0 Å². The molecule has 0 spiro atoms. The second-order valence-electron chi connectivity index (χ2n) is 7.30. The molecule has 0 saturated heterocycles. The topological polar surface area (TPSA) is 88.1 Å². The number of pyridine rings is 1. The van der Waals surface area contributed by atoms with Gasteiger partial charge in [-0.25, -0.2) is 4.79 Å². The Morgan fingerprint density at radius 3 is 2.71 bits per heavy atom. The quantitative estimate of drug-likeness (QED) is 0.361. The van der Waals surface area contributed by atoms with E-state index in [1.165, 1.54) is 0 Å². The average Bonchev–Trinajstić information content (AvgIpc) is 2.63. The minimum atomic E-state index is -0.536. The molecule has 0 aromatic carbocycles. The molecular formula is C20H35N5O3. The number of nitrogens with one attached hydrogen (secondary N) is 2. The Balaban J connectivity index is 2.64. The van der Waals surface area contributed by atoms with Crippen LogP contribution in [0.25, 0.3) is 0 Å². The van der Waals surface area contributed by atoms with E-state index in [0.29, 0.717) is 32.8 Å². The van der Waals surface area contributed by atoms with Crippen LogP contribution in [0.15, 0.2) is 29.5 Å². The van der Waals surface area contributed by atoms with Gasteiger partial charge < -0.3 is 25.0 Å². The summed E-state index contributed by atoms with van der Waals surface area (Å²) in [4.78, 5) is 22.9. The smallest absolute Gasteiger partial charge is 0.410 e. The summed E-state index contributed by atoms with van der Waals surface area (Å²) in [5, 5.41) is 6.40. The molecule has 1 aromatic heterocycles. The Morgan fingerprint density at radius 1 is 1.32 bits per heavy atom. The van der Waals surface area contributed by atoms with Crippen LogP contribution in [-0.2, 0) is 16.0 Å². The number of methoxy groups -OCH3 is 1. The van der Waals surface area contributed by atoms with Crippen LogP contribution in [0, 0.1) is 0 Å². The maximum atomic E-state index is 12.6. The fourth-order valence-corrected chi connectivity index (χ4v) is 2.34. The summed E-state index contributed by atoms with van der Waals surface area (Å²) in [6, 6.07) is 3.81. The minimum absolute atomic E-state index is 0.328. The molecule has 0 aliphatic carbocycles. The summed E-state index contributed by atoms with van der Waals surface area (Å²) in [5.41, 5.74) is 0.428. The molecule has 0 unspecified atom stereocenters. The number of aliphatic imine (C=N–C) groups is 1. The standard InChI is InChI=1S/C20H35N5O3/c1-6-22-18(24-12-14-27-5)23-11-8-13-25(19(26)28-20(2,3)4)16-17-9-7-10-21-15-17/h7,9-10,15H,6,8,11-14,16H2,1-5H3,(H2,22,23,24). The van der Waals surface area contributed by atoms with Crippen LogP contribution >= 0.6 is 0 Å². The van der Waals surface area contributed by atoms with Crippen LogP contribution in [0.4, 0.5) is 4.79 Å². The lowest BCUT2D eigenvalue weighted by molar-refractivity contribution is 0.0232. The molecule has 1 heterocycles. The molecule has 1 rings (SSSR count). The van der Waals surface area contributed by atoms with Gasteiger partial charge in [-0.05, 0) is 45.7 Å². The Labute approximate surface area is 168 Å². The van der Waals surface area contributed by atoms with E-state index in [2.05, 4.69) is 20.6 Å². The molecule has 0 aliphatic heterocycles. The van der Waals surface area contributed by atoms with Gasteiger partial charge in [0.25, 0.3) is 0 Å². The van der Waals surface area contributed by atoms with E-state index in [1.54, 1.807) is 24.4 Å². The Kier molecular flexibility index (Phi) is 10.9. The second kappa shape index (κ2) is 12.9. The molecular weight excluding hydrogens is 358 g/mol. The predicted octanol–water partition coefficient (Wildman–Crippen LogP) is 2.41. The van der Waals surface area contributed by atoms with E-state index in [4.69, 9.17) is 9.47 Å². The number of carbonyl (C=O) groups excluding carboxylic acids is 1. The molecule has 0 atom stereocenters. The van der Waals surface area contributed by atoms with Crippen molar-refractivity contribution >= 4 is 12.1 Å². The number of hydrogen-bond acceptors (Lipinski definition) is 5. The first-order valence-corrected chi connectivity index (χ1v) is 9.73. The Bertz CT molecular complexity index is 587. The lowest BCUT2D eigenvalue weighted by Crippen LogP contribution is -2.39. The van der Waals surface area contributed by atoms with Gasteiger partial charge in [0.1, 0.15) is 5.60 Å². The molecule has 2 N–H and O–H groups in total. The minimum Gasteiger partial charge on any atom is -0.444 e. The summed E-state index contributed by atoms with van der Waals surface area (Å²) in [6.45, 7) is 11.3. The molecule has 1 amide bonds. The zero-order chi connectivity index (χ0) is 20.8. The average molecular weight is 394 g/mol. The predicted molar refractivity (Wildman–Crippen MR) is 111 cm³/mol. The normalized spacial score (nSPS) is 11.8. The lowest BCUT2D eigenvalue weighted by Gasteiger charge is -2.27. The van der Waals surface area contributed by atoms with Crippen LogP contribution in [0.1, 0.15) is 39.7 Å². The van der Waals surface area contributed by atoms with Gasteiger partial charge in [0.2, 0.25) is 0 Å². The van der Waals surface area contributed by atoms with Gasteiger partial charge in [-0.3, -0.25) is 9.98 Å². The van der Waals surface area contributed by atoms with Crippen molar-refractivity contribution < 1.29 is 14.3 Å². The molecule has 0 saturated carbocycles. The molecule has 0 aliphatic rings. The van der Waals surface area contributed by atoms with E-state index >= 15 is 0 Å². The van der Waals surface area contributed by atoms with E-state index in [1.807, 2.05) is 39.8 Å². The summed E-state index contributed by atoms with van der Waals surface area (Å²) < 4.78 is 10.6. The summed E-state index contributed by atoms with van der Waals surface area (Å²) in [7, 11) is 1.67. The Hall–Kier alpha value is -2.35. The van der Waals surface area contributed by atoms with Gasteiger partial charge in [-0.2, -0.15) is 0 Å². The number of ether oxygens (including phenoxy) is 2. The molecule has 28 heavy (non-hydrogen) atoms. The lowest BCUT2D eigenvalue weighted by atomic mass is 10.2. The summed E-state index contributed by atoms with van der Waals surface area (Å²) in [6.07, 6.45) is 3.87. The van der Waals surface area contributed by atoms with Crippen LogP contribution in [0.3, 0.4) is 0 Å². The van der Waals surface area contributed by atoms with Gasteiger partial charge in [0, 0.05) is 45.7 Å². The van der Waals surface area contributed by atoms with Crippen molar-refractivity contribution in [3.8, 4) is 0 Å². The highest BCUT2D eigenvalue weighted by atomic mass is 16.6. The van der Waals surface area contributed by atoms with Crippen molar-refractivity contribution in [2.45, 2.75) is 46.3 Å². The third-order valence-electron chi connectivity index (χ3n) is 3.55. The number of rotatable bonds is 10. The Morgan fingerprint density at radius 2 is 2.11 bits per heavy atom. The largest absolute Gasteiger partial charge is 0.444 e. The van der Waals surface area contributed by atoms with Gasteiger partial charge in [-0.15, -0.1) is 0 Å². The third kappa shape index (κ3) is 10.7. The highest BCUT2D eigenvalue weighted by Crippen LogP contribution is 2.13. The maximum absolute atomic E-state index is 12.6. The SMILES string of the molecule is CCNC(=NCCCN(Cc1cccnc1)C(=O)OC(C)(C)C)NCCOC. The second-order valence-corrected chi connectivity index (χ2v) is 7.30. The molecule has 8 heteroatoms. The highest BCUT2D eigenvalue weighted by molar-refractivity contribution is 5.79. The maximum Gasteiger partial charge on any atom is 0.410 e. The fraction of sp³-hybridized carbons (Fsp3) is 0.650. The van der Waals surface area contributed by atoms with E-state index < -0.39 is 5.60 Å². The molecule has 0 bridgehead atoms. The van der Waals surface area contributed by atoms with Crippen LogP contribution in [0.2, 0.25) is 0 Å². The summed E-state index contributed by atoms with van der Waals surface area (Å²) >= 11 is 0. The summed E-state index contributed by atoms with van der Waals surface area (Å²) in [5.74, 6) is 0.746. The molecule has 8 nitrogen and oxygen atoms in total. The highest BCUT2D eigenvalue weighted by Gasteiger charge is 2.22. The fourth-order valence-electron chi connectivity index (χ4n) is 2.34. The van der Waals surface area contributed by atoms with Gasteiger partial charge in [0.15, 0.2) is 5.96 Å². The van der Waals surface area contributed by atoms with E-state index in [0.717, 1.165) is 24.5 Å². The number of aromatic nitrogens is 1. The number of carbonyl (C=O) groups is 1. The number of nitrogens with zero attached hydrogens (tertiary/aromatic N) is 3. The third-order valence-corrected chi connectivity index (χ3v) is 3.55. The van der Waals surface area contributed by atoms with Crippen molar-refractivity contribution in [3.05, 3.63) is 30.1 Å². The molecule has 0 fully saturated rings. The zero-order valence-corrected chi connectivity index (χ0v) is 17.8. The molecule has 1 aromatic rings. The number of guanidine groups is 1. The van der Waals surface area contributed by atoms with Crippen LogP contribution < -0.4 is 10.6 Å².